The van der Waals surface area contributed by atoms with E-state index in [1.807, 2.05) is 0 Å². The van der Waals surface area contributed by atoms with Crippen LogP contribution in [0.1, 0.15) is 25.7 Å². The van der Waals surface area contributed by atoms with E-state index >= 15 is 0 Å². The van der Waals surface area contributed by atoms with Crippen LogP contribution in [0, 0.1) is 0 Å². The maximum absolute atomic E-state index is 13.6. The van der Waals surface area contributed by atoms with E-state index in [4.69, 9.17) is 5.11 Å². The highest BCUT2D eigenvalue weighted by atomic mass is 35.5. The first-order valence-corrected chi connectivity index (χ1v) is 8.59. The predicted molar refractivity (Wildman–Crippen MR) is 79.0 cm³/mol. The van der Waals surface area contributed by atoms with Gasteiger partial charge in [-0.3, -0.25) is 4.79 Å². The second kappa shape index (κ2) is 9.54. The zero-order valence-electron chi connectivity index (χ0n) is 15.3. The number of alkyl halides is 15. The summed E-state index contributed by atoms with van der Waals surface area (Å²) in [4.78, 5) is 11.1. The van der Waals surface area contributed by atoms with Crippen LogP contribution in [0.4, 0.5) is 61.5 Å². The number of hydrogen-bond acceptors (Lipinski definition) is 2. The second-order valence-electron chi connectivity index (χ2n) is 6.34. The highest BCUT2D eigenvalue weighted by Crippen LogP contribution is 2.62. The topological polar surface area (TPSA) is 49.3 Å². The van der Waals surface area contributed by atoms with Crippen LogP contribution >= 0.6 is 11.6 Å². The van der Waals surface area contributed by atoms with Gasteiger partial charge in [0.05, 0.1) is 0 Å². The number of amides is 1. The van der Waals surface area contributed by atoms with E-state index in [1.165, 1.54) is 0 Å². The van der Waals surface area contributed by atoms with Crippen molar-refractivity contribution in [2.45, 2.75) is 66.6 Å². The summed E-state index contributed by atoms with van der Waals surface area (Å²) in [6.45, 7) is -1.22. The Morgan fingerprint density at radius 2 is 1.00 bits per heavy atom. The lowest BCUT2D eigenvalue weighted by molar-refractivity contribution is -0.431. The Hall–Kier alpha value is -1.26. The maximum atomic E-state index is 13.6. The highest BCUT2D eigenvalue weighted by molar-refractivity contribution is 6.22. The number of hydrogen-bond donors (Lipinski definition) is 2. The summed E-state index contributed by atoms with van der Waals surface area (Å²) in [5.41, 5.74) is 0. The summed E-state index contributed by atoms with van der Waals surface area (Å²) in [6.07, 6.45) is 0.238. The minimum Gasteiger partial charge on any atom is -0.396 e. The molecule has 0 fully saturated rings. The number of aliphatic hydroxyl groups excluding tert-OH is 1. The molecule has 192 valence electrons. The van der Waals surface area contributed by atoms with Gasteiger partial charge < -0.3 is 10.4 Å². The van der Waals surface area contributed by atoms with Crippen LogP contribution in [0.25, 0.3) is 0 Å². The van der Waals surface area contributed by atoms with Crippen molar-refractivity contribution < 1.29 is 71.4 Å². The lowest BCUT2D eigenvalue weighted by atomic mass is 9.91. The zero-order valence-corrected chi connectivity index (χ0v) is 16.0. The van der Waals surface area contributed by atoms with Gasteiger partial charge >= 0.3 is 40.9 Å². The first-order valence-electron chi connectivity index (χ1n) is 8.21. The van der Waals surface area contributed by atoms with E-state index in [9.17, 15) is 66.3 Å². The van der Waals surface area contributed by atoms with E-state index < -0.39 is 53.4 Å². The summed E-state index contributed by atoms with van der Waals surface area (Å²) >= 11 is 3.47. The van der Waals surface area contributed by atoms with Crippen LogP contribution in [0.2, 0.25) is 0 Å². The Bertz CT molecular complexity index is 650. The van der Waals surface area contributed by atoms with Gasteiger partial charge in [0.2, 0.25) is 0 Å². The normalized spacial score (nSPS) is 15.1. The molecule has 0 aromatic heterocycles. The Morgan fingerprint density at radius 3 is 1.41 bits per heavy atom. The summed E-state index contributed by atoms with van der Waals surface area (Å²) < 4.78 is 185. The summed E-state index contributed by atoms with van der Waals surface area (Å²) in [6, 6.07) is 0. The quantitative estimate of drug-likeness (QED) is 0.193. The fourth-order valence-corrected chi connectivity index (χ4v) is 2.13. The van der Waals surface area contributed by atoms with E-state index in [0.29, 0.717) is 0 Å². The molecule has 0 aromatic rings. The number of aliphatic hydroxyl groups is 1. The molecule has 0 aliphatic heterocycles. The number of unbranched alkanes of at least 4 members (excludes halogenated alkanes) is 3. The number of nitrogens with one attached hydrogen (secondary N) is 1. The van der Waals surface area contributed by atoms with E-state index in [1.54, 1.807) is 0 Å². The van der Waals surface area contributed by atoms with Crippen LogP contribution in [0.15, 0.2) is 0 Å². The maximum Gasteiger partial charge on any atom is 0.393 e. The van der Waals surface area contributed by atoms with Gasteiger partial charge in [-0.15, -0.1) is 0 Å². The standard InChI is InChI=1S/C14H14ClF14NO2/c15-14(28,29)13(26,27)12(24,25)11(22,23)10(20,21)9(18,19)8(16,17)7(32)30-5-3-1-2-4-6-31/h31H,1-6H2,(H,30,32). The zero-order chi connectivity index (χ0) is 26.0. The third kappa shape index (κ3) is 4.97. The molecular weight excluding hydrogens is 516 g/mol. The molecule has 0 saturated carbocycles. The molecule has 0 radical (unpaired) electrons. The van der Waals surface area contributed by atoms with Crippen LogP contribution in [0.3, 0.4) is 0 Å². The van der Waals surface area contributed by atoms with Crippen molar-refractivity contribution in [3.05, 3.63) is 0 Å². The van der Waals surface area contributed by atoms with Crippen molar-refractivity contribution >= 4 is 17.5 Å². The van der Waals surface area contributed by atoms with Gasteiger partial charge in [-0.1, -0.05) is 12.8 Å². The number of carbonyl (C=O) groups is 1. The Kier molecular flexibility index (Phi) is 9.17. The smallest absolute Gasteiger partial charge is 0.393 e. The van der Waals surface area contributed by atoms with Crippen LogP contribution < -0.4 is 5.32 Å². The van der Waals surface area contributed by atoms with Crippen molar-refractivity contribution in [1.29, 1.82) is 0 Å². The Balaban J connectivity index is 5.92. The highest BCUT2D eigenvalue weighted by Gasteiger charge is 2.93. The molecule has 0 aromatic carbocycles. The fraction of sp³-hybridized carbons (Fsp3) is 0.929. The van der Waals surface area contributed by atoms with Crippen LogP contribution in [-0.4, -0.2) is 65.1 Å². The average Bonchev–Trinajstić information content (AvgIpc) is 2.62. The second-order valence-corrected chi connectivity index (χ2v) is 6.81. The van der Waals surface area contributed by atoms with Crippen LogP contribution in [0.5, 0.6) is 0 Å². The minimum atomic E-state index is -8.26. The van der Waals surface area contributed by atoms with Gasteiger partial charge in [0.25, 0.3) is 5.91 Å². The number of carbonyl (C=O) groups excluding carboxylic acids is 1. The van der Waals surface area contributed by atoms with Crippen molar-refractivity contribution in [2.24, 2.45) is 0 Å². The summed E-state index contributed by atoms with van der Waals surface area (Å²) in [7, 11) is 0. The summed E-state index contributed by atoms with van der Waals surface area (Å²) in [5, 5.41) is 2.70. The molecule has 0 aliphatic rings. The third-order valence-corrected chi connectivity index (χ3v) is 4.22. The lowest BCUT2D eigenvalue weighted by Gasteiger charge is -2.41. The molecule has 0 heterocycles. The van der Waals surface area contributed by atoms with Crippen molar-refractivity contribution in [3.8, 4) is 0 Å². The monoisotopic (exact) mass is 529 g/mol. The Labute approximate surface area is 175 Å². The van der Waals surface area contributed by atoms with E-state index in [-0.39, 0.29) is 32.3 Å². The SMILES string of the molecule is O=C(NCCCCCCO)C(F)(F)C(F)(F)C(F)(F)C(F)(F)C(F)(F)C(F)(F)C(F)(F)Cl. The molecule has 3 nitrogen and oxygen atoms in total. The molecule has 0 saturated heterocycles. The van der Waals surface area contributed by atoms with E-state index in [2.05, 4.69) is 11.6 Å². The fourth-order valence-electron chi connectivity index (χ4n) is 2.01. The van der Waals surface area contributed by atoms with Crippen molar-refractivity contribution in [3.63, 3.8) is 0 Å². The molecule has 32 heavy (non-hydrogen) atoms. The largest absolute Gasteiger partial charge is 0.396 e. The van der Waals surface area contributed by atoms with Gasteiger partial charge in [0.1, 0.15) is 0 Å². The molecule has 1 amide bonds. The van der Waals surface area contributed by atoms with Gasteiger partial charge in [0, 0.05) is 13.2 Å². The molecule has 0 atom stereocenters. The number of halogens is 15. The van der Waals surface area contributed by atoms with Crippen molar-refractivity contribution in [2.75, 3.05) is 13.2 Å². The molecule has 2 N–H and O–H groups in total. The molecular formula is C14H14ClF14NO2. The van der Waals surface area contributed by atoms with Crippen molar-refractivity contribution in [1.82, 2.24) is 5.32 Å². The van der Waals surface area contributed by atoms with Gasteiger partial charge in [-0.05, 0) is 24.4 Å². The molecule has 0 rings (SSSR count). The average molecular weight is 530 g/mol. The first-order chi connectivity index (χ1) is 14.0. The number of rotatable bonds is 13. The molecule has 0 aliphatic carbocycles. The van der Waals surface area contributed by atoms with Crippen LogP contribution in [-0.2, 0) is 4.79 Å². The molecule has 0 unspecified atom stereocenters. The third-order valence-electron chi connectivity index (χ3n) is 3.98. The molecule has 0 spiro atoms. The summed E-state index contributed by atoms with van der Waals surface area (Å²) in [5.74, 6) is -50.2. The van der Waals surface area contributed by atoms with E-state index in [0.717, 1.165) is 5.32 Å². The van der Waals surface area contributed by atoms with Gasteiger partial charge in [0.15, 0.2) is 0 Å². The minimum absolute atomic E-state index is 0.0744. The van der Waals surface area contributed by atoms with Gasteiger partial charge in [-0.2, -0.15) is 61.5 Å². The van der Waals surface area contributed by atoms with Gasteiger partial charge in [-0.25, -0.2) is 0 Å². The predicted octanol–water partition coefficient (Wildman–Crippen LogP) is 5.30. The first kappa shape index (κ1) is 30.7. The lowest BCUT2D eigenvalue weighted by Crippen LogP contribution is -2.73. The Morgan fingerprint density at radius 1 is 0.625 bits per heavy atom. The molecule has 18 heteroatoms. The molecule has 0 bridgehead atoms.